The number of thiol groups is 1. The maximum absolute atomic E-state index is 12.1. The van der Waals surface area contributed by atoms with E-state index in [4.69, 9.17) is 0 Å². The topological polar surface area (TPSA) is 23.6 Å². The number of carbonyl (C=O) groups is 1. The van der Waals surface area contributed by atoms with Crippen molar-refractivity contribution in [3.05, 3.63) is 0 Å². The first-order valence-corrected chi connectivity index (χ1v) is 7.19. The van der Waals surface area contributed by atoms with Crippen molar-refractivity contribution in [2.75, 3.05) is 39.5 Å². The van der Waals surface area contributed by atoms with Crippen LogP contribution in [0.15, 0.2) is 0 Å². The van der Waals surface area contributed by atoms with E-state index >= 15 is 0 Å². The van der Waals surface area contributed by atoms with Crippen molar-refractivity contribution < 1.29 is 4.79 Å². The van der Waals surface area contributed by atoms with E-state index < -0.39 is 0 Å². The van der Waals surface area contributed by atoms with Gasteiger partial charge in [0.15, 0.2) is 0 Å². The molecule has 4 heteroatoms. The Morgan fingerprint density at radius 2 is 1.94 bits per heavy atom. The van der Waals surface area contributed by atoms with E-state index in [0.717, 1.165) is 31.8 Å². The summed E-state index contributed by atoms with van der Waals surface area (Å²) < 4.78 is 0. The van der Waals surface area contributed by atoms with E-state index in [9.17, 15) is 4.79 Å². The number of hydrogen-bond acceptors (Lipinski definition) is 3. The zero-order chi connectivity index (χ0) is 12.9. The Hall–Kier alpha value is -0.220. The van der Waals surface area contributed by atoms with E-state index in [0.29, 0.717) is 12.3 Å². The van der Waals surface area contributed by atoms with E-state index in [2.05, 4.69) is 38.5 Å². The van der Waals surface area contributed by atoms with Gasteiger partial charge in [-0.05, 0) is 58.0 Å². The molecular formula is C13H26N2OS. The Labute approximate surface area is 111 Å². The van der Waals surface area contributed by atoms with Crippen molar-refractivity contribution in [2.24, 2.45) is 5.41 Å². The Bertz CT molecular complexity index is 252. The monoisotopic (exact) mass is 258 g/mol. The van der Waals surface area contributed by atoms with Crippen LogP contribution in [0.5, 0.6) is 0 Å². The molecule has 0 saturated heterocycles. The molecule has 1 saturated carbocycles. The van der Waals surface area contributed by atoms with Crippen molar-refractivity contribution >= 4 is 18.5 Å². The van der Waals surface area contributed by atoms with Gasteiger partial charge in [0.2, 0.25) is 5.91 Å². The van der Waals surface area contributed by atoms with Crippen molar-refractivity contribution in [1.82, 2.24) is 9.80 Å². The standard InChI is InChI=1S/C13H26N2OS/c1-4-15(9-5-8-14(2)3)12(16)10-13(11-17)6-7-13/h17H,4-11H2,1-3H3. The molecule has 0 bridgehead atoms. The van der Waals surface area contributed by atoms with Crippen LogP contribution in [-0.4, -0.2) is 55.2 Å². The van der Waals surface area contributed by atoms with Crippen LogP contribution in [0, 0.1) is 5.41 Å². The lowest BCUT2D eigenvalue weighted by Crippen LogP contribution is -2.34. The molecule has 0 aliphatic heterocycles. The van der Waals surface area contributed by atoms with Gasteiger partial charge in [-0.3, -0.25) is 4.79 Å². The summed E-state index contributed by atoms with van der Waals surface area (Å²) in [4.78, 5) is 16.3. The molecule has 1 rings (SSSR count). The summed E-state index contributed by atoms with van der Waals surface area (Å²) in [6, 6.07) is 0. The van der Waals surface area contributed by atoms with Gasteiger partial charge in [-0.2, -0.15) is 12.6 Å². The number of amides is 1. The molecule has 0 aromatic rings. The van der Waals surface area contributed by atoms with Gasteiger partial charge < -0.3 is 9.80 Å². The lowest BCUT2D eigenvalue weighted by Gasteiger charge is -2.24. The largest absolute Gasteiger partial charge is 0.343 e. The number of carbonyl (C=O) groups excluding carboxylic acids is 1. The van der Waals surface area contributed by atoms with Crippen LogP contribution in [0.4, 0.5) is 0 Å². The fourth-order valence-electron chi connectivity index (χ4n) is 2.04. The first-order chi connectivity index (χ1) is 8.03. The van der Waals surface area contributed by atoms with Gasteiger partial charge >= 0.3 is 0 Å². The highest BCUT2D eigenvalue weighted by Crippen LogP contribution is 2.49. The van der Waals surface area contributed by atoms with Crippen LogP contribution >= 0.6 is 12.6 Å². The molecule has 1 fully saturated rings. The first-order valence-electron chi connectivity index (χ1n) is 6.56. The van der Waals surface area contributed by atoms with Crippen LogP contribution in [-0.2, 0) is 4.79 Å². The normalized spacial score (nSPS) is 17.2. The molecule has 0 N–H and O–H groups in total. The summed E-state index contributed by atoms with van der Waals surface area (Å²) in [6.45, 7) is 4.82. The van der Waals surface area contributed by atoms with E-state index in [1.165, 1.54) is 12.8 Å². The fourth-order valence-corrected chi connectivity index (χ4v) is 2.47. The minimum atomic E-state index is 0.245. The third-order valence-electron chi connectivity index (χ3n) is 3.59. The van der Waals surface area contributed by atoms with Crippen molar-refractivity contribution in [2.45, 2.75) is 32.6 Å². The van der Waals surface area contributed by atoms with Gasteiger partial charge in [-0.15, -0.1) is 0 Å². The molecule has 1 aliphatic carbocycles. The molecule has 0 heterocycles. The molecule has 3 nitrogen and oxygen atoms in total. The van der Waals surface area contributed by atoms with E-state index in [1.807, 2.05) is 4.90 Å². The smallest absolute Gasteiger partial charge is 0.223 e. The van der Waals surface area contributed by atoms with Crippen LogP contribution in [0.1, 0.15) is 32.6 Å². The quantitative estimate of drug-likeness (QED) is 0.672. The Morgan fingerprint density at radius 1 is 1.29 bits per heavy atom. The van der Waals surface area contributed by atoms with Crippen molar-refractivity contribution in [1.29, 1.82) is 0 Å². The molecule has 0 atom stereocenters. The lowest BCUT2D eigenvalue weighted by atomic mass is 10.0. The van der Waals surface area contributed by atoms with Crippen LogP contribution in [0.3, 0.4) is 0 Å². The van der Waals surface area contributed by atoms with E-state index in [-0.39, 0.29) is 5.41 Å². The van der Waals surface area contributed by atoms with E-state index in [1.54, 1.807) is 0 Å². The maximum atomic E-state index is 12.1. The highest BCUT2D eigenvalue weighted by atomic mass is 32.1. The third-order valence-corrected chi connectivity index (χ3v) is 4.26. The first kappa shape index (κ1) is 14.8. The van der Waals surface area contributed by atoms with Crippen LogP contribution in [0.25, 0.3) is 0 Å². The molecule has 1 amide bonds. The Kier molecular flexibility index (Phi) is 5.80. The third kappa shape index (κ3) is 4.88. The van der Waals surface area contributed by atoms with Gasteiger partial charge in [0.05, 0.1) is 0 Å². The van der Waals surface area contributed by atoms with Crippen LogP contribution in [0.2, 0.25) is 0 Å². The van der Waals surface area contributed by atoms with Crippen molar-refractivity contribution in [3.63, 3.8) is 0 Å². The highest BCUT2D eigenvalue weighted by Gasteiger charge is 2.43. The summed E-state index contributed by atoms with van der Waals surface area (Å²) in [5.41, 5.74) is 0.245. The molecular weight excluding hydrogens is 232 g/mol. The molecule has 100 valence electrons. The predicted molar refractivity (Wildman–Crippen MR) is 75.6 cm³/mol. The van der Waals surface area contributed by atoms with Gasteiger partial charge in [0.25, 0.3) is 0 Å². The second kappa shape index (κ2) is 6.64. The lowest BCUT2D eigenvalue weighted by molar-refractivity contribution is -0.132. The molecule has 1 aliphatic rings. The SMILES string of the molecule is CCN(CCCN(C)C)C(=O)CC1(CS)CC1. The molecule has 0 aromatic heterocycles. The Balaban J connectivity index is 2.31. The summed E-state index contributed by atoms with van der Waals surface area (Å²) in [5.74, 6) is 1.17. The zero-order valence-electron chi connectivity index (χ0n) is 11.4. The van der Waals surface area contributed by atoms with Gasteiger partial charge in [0.1, 0.15) is 0 Å². The molecule has 0 unspecified atom stereocenters. The molecule has 0 spiro atoms. The maximum Gasteiger partial charge on any atom is 0.223 e. The zero-order valence-corrected chi connectivity index (χ0v) is 12.3. The van der Waals surface area contributed by atoms with Gasteiger partial charge in [0, 0.05) is 19.5 Å². The number of hydrogen-bond donors (Lipinski definition) is 1. The second-order valence-corrected chi connectivity index (χ2v) is 5.78. The summed E-state index contributed by atoms with van der Waals surface area (Å²) in [6.07, 6.45) is 4.11. The molecule has 17 heavy (non-hydrogen) atoms. The highest BCUT2D eigenvalue weighted by molar-refractivity contribution is 7.80. The predicted octanol–water partition coefficient (Wildman–Crippen LogP) is 1.89. The average Bonchev–Trinajstić information content (AvgIpc) is 3.04. The van der Waals surface area contributed by atoms with Gasteiger partial charge in [-0.1, -0.05) is 0 Å². The summed E-state index contributed by atoms with van der Waals surface area (Å²) >= 11 is 4.36. The average molecular weight is 258 g/mol. The van der Waals surface area contributed by atoms with Crippen LogP contribution < -0.4 is 0 Å². The fraction of sp³-hybridized carbons (Fsp3) is 0.923. The summed E-state index contributed by atoms with van der Waals surface area (Å²) in [7, 11) is 4.14. The van der Waals surface area contributed by atoms with Gasteiger partial charge in [-0.25, -0.2) is 0 Å². The Morgan fingerprint density at radius 3 is 2.35 bits per heavy atom. The summed E-state index contributed by atoms with van der Waals surface area (Å²) in [5, 5.41) is 0. The minimum Gasteiger partial charge on any atom is -0.343 e. The molecule has 0 aromatic carbocycles. The number of rotatable bonds is 8. The van der Waals surface area contributed by atoms with Crippen molar-refractivity contribution in [3.8, 4) is 0 Å². The number of nitrogens with zero attached hydrogens (tertiary/aromatic N) is 2. The molecule has 0 radical (unpaired) electrons. The second-order valence-electron chi connectivity index (χ2n) is 5.47. The minimum absolute atomic E-state index is 0.245.